The summed E-state index contributed by atoms with van der Waals surface area (Å²) >= 11 is 1.46. The van der Waals surface area contributed by atoms with E-state index in [0.717, 1.165) is 16.8 Å². The minimum absolute atomic E-state index is 0.0152. The van der Waals surface area contributed by atoms with Crippen molar-refractivity contribution in [2.24, 2.45) is 0 Å². The maximum atomic E-state index is 11.2. The van der Waals surface area contributed by atoms with E-state index in [2.05, 4.69) is 11.1 Å². The standard InChI is InChI=1S/C22H16N4O3S/c1-29-21-9-5-4-8-20(21)25-19-11-10-17(26(27)28)12-18(19)24-22(25)30-14-16-7-3-2-6-15(16)13-23/h2-12H,14H2,1H3. The molecule has 7 nitrogen and oxygen atoms in total. The number of rotatable bonds is 6. The van der Waals surface area contributed by atoms with Crippen LogP contribution in [-0.2, 0) is 5.75 Å². The van der Waals surface area contributed by atoms with E-state index in [1.807, 2.05) is 47.0 Å². The molecule has 30 heavy (non-hydrogen) atoms. The van der Waals surface area contributed by atoms with Gasteiger partial charge in [0.25, 0.3) is 5.69 Å². The van der Waals surface area contributed by atoms with Gasteiger partial charge in [-0.2, -0.15) is 5.26 Å². The number of aromatic nitrogens is 2. The summed E-state index contributed by atoms with van der Waals surface area (Å²) in [5.74, 6) is 1.19. The van der Waals surface area contributed by atoms with Crippen molar-refractivity contribution in [3.63, 3.8) is 0 Å². The fourth-order valence-corrected chi connectivity index (χ4v) is 4.23. The van der Waals surface area contributed by atoms with Crippen molar-refractivity contribution in [2.75, 3.05) is 7.11 Å². The first kappa shape index (κ1) is 19.5. The number of para-hydroxylation sites is 2. The van der Waals surface area contributed by atoms with Crippen molar-refractivity contribution >= 4 is 28.5 Å². The van der Waals surface area contributed by atoms with Crippen LogP contribution in [0.5, 0.6) is 5.75 Å². The Hall–Kier alpha value is -3.83. The largest absolute Gasteiger partial charge is 0.495 e. The van der Waals surface area contributed by atoms with E-state index < -0.39 is 4.92 Å². The lowest BCUT2D eigenvalue weighted by atomic mass is 10.1. The van der Waals surface area contributed by atoms with Gasteiger partial charge in [0, 0.05) is 17.9 Å². The first-order chi connectivity index (χ1) is 14.6. The van der Waals surface area contributed by atoms with Gasteiger partial charge < -0.3 is 4.74 Å². The van der Waals surface area contributed by atoms with Crippen LogP contribution in [0.25, 0.3) is 16.7 Å². The third-order valence-corrected chi connectivity index (χ3v) is 5.63. The van der Waals surface area contributed by atoms with Crippen LogP contribution in [0.2, 0.25) is 0 Å². The summed E-state index contributed by atoms with van der Waals surface area (Å²) in [5, 5.41) is 21.2. The molecule has 0 saturated heterocycles. The van der Waals surface area contributed by atoms with Crippen molar-refractivity contribution in [2.45, 2.75) is 10.9 Å². The number of nitrogens with zero attached hydrogens (tertiary/aromatic N) is 4. The molecule has 4 rings (SSSR count). The van der Waals surface area contributed by atoms with Gasteiger partial charge in [0.1, 0.15) is 5.75 Å². The lowest BCUT2D eigenvalue weighted by molar-refractivity contribution is -0.384. The molecule has 0 saturated carbocycles. The molecule has 3 aromatic carbocycles. The fraction of sp³-hybridized carbons (Fsp3) is 0.0909. The SMILES string of the molecule is COc1ccccc1-n1c(SCc2ccccc2C#N)nc2cc([N+](=O)[O-])ccc21. The lowest BCUT2D eigenvalue weighted by Crippen LogP contribution is -2.00. The molecule has 0 unspecified atom stereocenters. The van der Waals surface area contributed by atoms with Gasteiger partial charge >= 0.3 is 0 Å². The Labute approximate surface area is 176 Å². The van der Waals surface area contributed by atoms with Gasteiger partial charge in [0.2, 0.25) is 0 Å². The zero-order valence-electron chi connectivity index (χ0n) is 16.0. The van der Waals surface area contributed by atoms with Crippen LogP contribution in [0.15, 0.2) is 71.9 Å². The zero-order valence-corrected chi connectivity index (χ0v) is 16.8. The summed E-state index contributed by atoms with van der Waals surface area (Å²) in [7, 11) is 1.60. The molecule has 0 atom stereocenters. The number of nitriles is 1. The van der Waals surface area contributed by atoms with Crippen molar-refractivity contribution < 1.29 is 9.66 Å². The van der Waals surface area contributed by atoms with Crippen LogP contribution in [0, 0.1) is 21.4 Å². The Kier molecular flexibility index (Phi) is 5.37. The highest BCUT2D eigenvalue weighted by Gasteiger charge is 2.19. The number of methoxy groups -OCH3 is 1. The fourth-order valence-electron chi connectivity index (χ4n) is 3.20. The molecule has 1 heterocycles. The Morgan fingerprint density at radius 2 is 1.93 bits per heavy atom. The molecule has 0 fully saturated rings. The molecule has 0 aliphatic rings. The zero-order chi connectivity index (χ0) is 21.1. The monoisotopic (exact) mass is 416 g/mol. The quantitative estimate of drug-likeness (QED) is 0.246. The average molecular weight is 416 g/mol. The van der Waals surface area contributed by atoms with E-state index in [9.17, 15) is 15.4 Å². The molecule has 0 N–H and O–H groups in total. The van der Waals surface area contributed by atoms with Gasteiger partial charge in [-0.25, -0.2) is 4.98 Å². The number of non-ortho nitro benzene ring substituents is 1. The number of hydrogen-bond acceptors (Lipinski definition) is 6. The van der Waals surface area contributed by atoms with Crippen molar-refractivity contribution in [3.05, 3.63) is 88.0 Å². The van der Waals surface area contributed by atoms with Crippen LogP contribution < -0.4 is 4.74 Å². The number of imidazole rings is 1. The normalized spacial score (nSPS) is 10.7. The van der Waals surface area contributed by atoms with Gasteiger partial charge in [-0.15, -0.1) is 0 Å². The number of nitro benzene ring substituents is 1. The van der Waals surface area contributed by atoms with Crippen LogP contribution in [0.1, 0.15) is 11.1 Å². The first-order valence-corrected chi connectivity index (χ1v) is 10.0. The van der Waals surface area contributed by atoms with Crippen LogP contribution in [0.4, 0.5) is 5.69 Å². The van der Waals surface area contributed by atoms with Gasteiger partial charge in [0.05, 0.1) is 40.4 Å². The first-order valence-electron chi connectivity index (χ1n) is 9.03. The molecule has 4 aromatic rings. The molecule has 1 aromatic heterocycles. The summed E-state index contributed by atoms with van der Waals surface area (Å²) in [6.45, 7) is 0. The number of nitro groups is 1. The number of ether oxygens (including phenoxy) is 1. The maximum absolute atomic E-state index is 11.2. The van der Waals surface area contributed by atoms with Crippen LogP contribution >= 0.6 is 11.8 Å². The van der Waals surface area contributed by atoms with Gasteiger partial charge in [-0.1, -0.05) is 42.1 Å². The minimum Gasteiger partial charge on any atom is -0.495 e. The number of benzene rings is 3. The average Bonchev–Trinajstić information content (AvgIpc) is 3.15. The molecule has 0 radical (unpaired) electrons. The van der Waals surface area contributed by atoms with Crippen LogP contribution in [-0.4, -0.2) is 21.6 Å². The Balaban J connectivity index is 1.85. The Bertz CT molecular complexity index is 1290. The van der Waals surface area contributed by atoms with E-state index in [0.29, 0.717) is 27.7 Å². The minimum atomic E-state index is -0.433. The topological polar surface area (TPSA) is 94.0 Å². The van der Waals surface area contributed by atoms with E-state index >= 15 is 0 Å². The second kappa shape index (κ2) is 8.27. The Morgan fingerprint density at radius 3 is 2.70 bits per heavy atom. The third kappa shape index (κ3) is 3.58. The Morgan fingerprint density at radius 1 is 1.17 bits per heavy atom. The summed E-state index contributed by atoms with van der Waals surface area (Å²) < 4.78 is 7.45. The van der Waals surface area contributed by atoms with Crippen molar-refractivity contribution in [1.82, 2.24) is 9.55 Å². The molecular weight excluding hydrogens is 400 g/mol. The molecule has 8 heteroatoms. The molecule has 0 bridgehead atoms. The van der Waals surface area contributed by atoms with E-state index in [-0.39, 0.29) is 5.69 Å². The second-order valence-corrected chi connectivity index (χ2v) is 7.33. The molecule has 0 amide bonds. The molecule has 0 spiro atoms. The highest BCUT2D eigenvalue weighted by Crippen LogP contribution is 2.35. The van der Waals surface area contributed by atoms with Crippen molar-refractivity contribution in [1.29, 1.82) is 5.26 Å². The summed E-state index contributed by atoms with van der Waals surface area (Å²) in [4.78, 5) is 15.4. The van der Waals surface area contributed by atoms with Gasteiger partial charge in [-0.05, 0) is 29.8 Å². The van der Waals surface area contributed by atoms with E-state index in [4.69, 9.17) is 4.74 Å². The summed E-state index contributed by atoms with van der Waals surface area (Å²) in [6, 6.07) is 21.8. The van der Waals surface area contributed by atoms with Gasteiger partial charge in [-0.3, -0.25) is 14.7 Å². The maximum Gasteiger partial charge on any atom is 0.271 e. The predicted molar refractivity (Wildman–Crippen MR) is 115 cm³/mol. The molecule has 0 aliphatic carbocycles. The smallest absolute Gasteiger partial charge is 0.271 e. The molecule has 0 aliphatic heterocycles. The predicted octanol–water partition coefficient (Wildman–Crippen LogP) is 5.11. The highest BCUT2D eigenvalue weighted by molar-refractivity contribution is 7.98. The van der Waals surface area contributed by atoms with Gasteiger partial charge in [0.15, 0.2) is 5.16 Å². The van der Waals surface area contributed by atoms with E-state index in [1.165, 1.54) is 23.9 Å². The molecular formula is C22H16N4O3S. The second-order valence-electron chi connectivity index (χ2n) is 6.39. The number of fused-ring (bicyclic) bond motifs is 1. The summed E-state index contributed by atoms with van der Waals surface area (Å²) in [6.07, 6.45) is 0. The van der Waals surface area contributed by atoms with E-state index in [1.54, 1.807) is 19.2 Å². The highest BCUT2D eigenvalue weighted by atomic mass is 32.2. The van der Waals surface area contributed by atoms with Crippen LogP contribution in [0.3, 0.4) is 0 Å². The lowest BCUT2D eigenvalue weighted by Gasteiger charge is -2.13. The summed E-state index contributed by atoms with van der Waals surface area (Å²) in [5.41, 5.74) is 3.54. The van der Waals surface area contributed by atoms with Crippen molar-refractivity contribution in [3.8, 4) is 17.5 Å². The number of hydrogen-bond donors (Lipinski definition) is 0. The molecule has 148 valence electrons. The third-order valence-electron chi connectivity index (χ3n) is 4.64. The number of thioether (sulfide) groups is 1.